The van der Waals surface area contributed by atoms with Crippen molar-refractivity contribution < 1.29 is 19.7 Å². The molecule has 0 unspecified atom stereocenters. The lowest BCUT2D eigenvalue weighted by Gasteiger charge is -2.32. The van der Waals surface area contributed by atoms with Crippen molar-refractivity contribution in [3.8, 4) is 0 Å². The molecule has 1 fully saturated rings. The molecular weight excluding hydrogens is 244 g/mol. The largest absolute Gasteiger partial charge is 0.394 e. The van der Waals surface area contributed by atoms with Gasteiger partial charge in [0.25, 0.3) is 0 Å². The Kier molecular flexibility index (Phi) is 5.07. The second-order valence-electron chi connectivity index (χ2n) is 4.97. The van der Waals surface area contributed by atoms with Crippen molar-refractivity contribution in [2.45, 2.75) is 44.0 Å². The fraction of sp³-hybridized carbons (Fsp3) is 0.533. The zero-order chi connectivity index (χ0) is 13.7. The standard InChI is InChI=1S/C15H20O4/c16-10-14(18)15-8-4-7-12(19-15)9-13(17)11-5-2-1-3-6-11/h1-3,5-6,12,14-16,18H,4,7-10H2/t12-,14-,15-/m1/s1. The van der Waals surface area contributed by atoms with Gasteiger partial charge in [0.1, 0.15) is 6.10 Å². The summed E-state index contributed by atoms with van der Waals surface area (Å²) in [5.41, 5.74) is 0.691. The predicted molar refractivity (Wildman–Crippen MR) is 71.0 cm³/mol. The quantitative estimate of drug-likeness (QED) is 0.792. The van der Waals surface area contributed by atoms with Crippen molar-refractivity contribution in [3.05, 3.63) is 35.9 Å². The van der Waals surface area contributed by atoms with Crippen molar-refractivity contribution in [1.29, 1.82) is 0 Å². The average molecular weight is 264 g/mol. The van der Waals surface area contributed by atoms with Gasteiger partial charge >= 0.3 is 0 Å². The number of benzene rings is 1. The van der Waals surface area contributed by atoms with Crippen LogP contribution in [0.15, 0.2) is 30.3 Å². The molecule has 1 aromatic rings. The summed E-state index contributed by atoms with van der Waals surface area (Å²) in [6.45, 7) is -0.302. The van der Waals surface area contributed by atoms with E-state index in [0.717, 1.165) is 19.3 Å². The number of hydrogen-bond donors (Lipinski definition) is 2. The molecule has 0 aromatic heterocycles. The van der Waals surface area contributed by atoms with E-state index in [-0.39, 0.29) is 24.6 Å². The number of ether oxygens (including phenoxy) is 1. The Balaban J connectivity index is 1.90. The fourth-order valence-corrected chi connectivity index (χ4v) is 2.43. The van der Waals surface area contributed by atoms with E-state index in [9.17, 15) is 9.90 Å². The fourth-order valence-electron chi connectivity index (χ4n) is 2.43. The summed E-state index contributed by atoms with van der Waals surface area (Å²) < 4.78 is 5.70. The topological polar surface area (TPSA) is 66.8 Å². The predicted octanol–water partition coefficient (Wildman–Crippen LogP) is 1.55. The molecule has 1 aromatic carbocycles. The van der Waals surface area contributed by atoms with Crippen molar-refractivity contribution in [1.82, 2.24) is 0 Å². The van der Waals surface area contributed by atoms with E-state index < -0.39 is 6.10 Å². The molecule has 0 aliphatic carbocycles. The van der Waals surface area contributed by atoms with E-state index in [1.165, 1.54) is 0 Å². The van der Waals surface area contributed by atoms with Crippen LogP contribution in [-0.2, 0) is 4.74 Å². The summed E-state index contributed by atoms with van der Waals surface area (Å²) in [7, 11) is 0. The summed E-state index contributed by atoms with van der Waals surface area (Å²) in [6, 6.07) is 9.15. The zero-order valence-corrected chi connectivity index (χ0v) is 10.9. The van der Waals surface area contributed by atoms with Gasteiger partial charge in [-0.25, -0.2) is 0 Å². The minimum atomic E-state index is -0.852. The summed E-state index contributed by atoms with van der Waals surface area (Å²) in [4.78, 5) is 12.1. The number of rotatable bonds is 5. The third-order valence-electron chi connectivity index (χ3n) is 3.51. The van der Waals surface area contributed by atoms with Gasteiger partial charge in [0.15, 0.2) is 5.78 Å². The Morgan fingerprint density at radius 1 is 1.32 bits per heavy atom. The number of carbonyl (C=O) groups is 1. The molecule has 0 spiro atoms. The number of aliphatic hydroxyl groups excluding tert-OH is 2. The Morgan fingerprint density at radius 3 is 2.74 bits per heavy atom. The molecule has 104 valence electrons. The number of ketones is 1. The van der Waals surface area contributed by atoms with Crippen LogP contribution in [0.3, 0.4) is 0 Å². The lowest BCUT2D eigenvalue weighted by Crippen LogP contribution is -2.39. The molecular formula is C15H20O4. The number of aliphatic hydroxyl groups is 2. The Morgan fingerprint density at radius 2 is 2.05 bits per heavy atom. The molecule has 1 aliphatic rings. The van der Waals surface area contributed by atoms with Crippen LogP contribution in [-0.4, -0.2) is 40.9 Å². The monoisotopic (exact) mass is 264 g/mol. The summed E-state index contributed by atoms with van der Waals surface area (Å²) in [6.07, 6.45) is 1.44. The SMILES string of the molecule is O=C(C[C@H]1CCC[C@H]([C@H](O)CO)O1)c1ccccc1. The molecule has 0 bridgehead atoms. The molecule has 4 heteroatoms. The van der Waals surface area contributed by atoms with Gasteiger partial charge < -0.3 is 14.9 Å². The van der Waals surface area contributed by atoms with Crippen molar-refractivity contribution >= 4 is 5.78 Å². The minimum absolute atomic E-state index is 0.0599. The maximum atomic E-state index is 12.1. The first kappa shape index (κ1) is 14.2. The molecule has 1 aliphatic heterocycles. The molecule has 0 amide bonds. The summed E-state index contributed by atoms with van der Waals surface area (Å²) in [5, 5.41) is 18.5. The van der Waals surface area contributed by atoms with Gasteiger partial charge in [0.05, 0.1) is 18.8 Å². The molecule has 1 heterocycles. The number of hydrogen-bond acceptors (Lipinski definition) is 4. The third-order valence-corrected chi connectivity index (χ3v) is 3.51. The molecule has 1 saturated heterocycles. The van der Waals surface area contributed by atoms with Crippen LogP contribution in [0.5, 0.6) is 0 Å². The van der Waals surface area contributed by atoms with Crippen LogP contribution in [0.1, 0.15) is 36.0 Å². The van der Waals surface area contributed by atoms with Crippen LogP contribution >= 0.6 is 0 Å². The van der Waals surface area contributed by atoms with Crippen LogP contribution in [0.25, 0.3) is 0 Å². The van der Waals surface area contributed by atoms with E-state index >= 15 is 0 Å². The van der Waals surface area contributed by atoms with Gasteiger partial charge in [-0.05, 0) is 19.3 Å². The molecule has 3 atom stereocenters. The van der Waals surface area contributed by atoms with E-state index in [0.29, 0.717) is 12.0 Å². The van der Waals surface area contributed by atoms with Crippen LogP contribution in [0.4, 0.5) is 0 Å². The number of carbonyl (C=O) groups excluding carboxylic acids is 1. The van der Waals surface area contributed by atoms with Gasteiger partial charge in [0.2, 0.25) is 0 Å². The highest BCUT2D eigenvalue weighted by atomic mass is 16.5. The van der Waals surface area contributed by atoms with Gasteiger partial charge in [-0.1, -0.05) is 30.3 Å². The highest BCUT2D eigenvalue weighted by Crippen LogP contribution is 2.24. The maximum absolute atomic E-state index is 12.1. The second kappa shape index (κ2) is 6.80. The Bertz CT molecular complexity index is 404. The lowest BCUT2D eigenvalue weighted by atomic mass is 9.96. The Labute approximate surface area is 113 Å². The average Bonchev–Trinajstić information content (AvgIpc) is 2.47. The van der Waals surface area contributed by atoms with Gasteiger partial charge in [0, 0.05) is 12.0 Å². The highest BCUT2D eigenvalue weighted by Gasteiger charge is 2.28. The summed E-state index contributed by atoms with van der Waals surface area (Å²) in [5.74, 6) is 0.0599. The van der Waals surface area contributed by atoms with Crippen LogP contribution in [0.2, 0.25) is 0 Å². The zero-order valence-electron chi connectivity index (χ0n) is 10.9. The first-order valence-corrected chi connectivity index (χ1v) is 6.73. The normalized spacial score (nSPS) is 24.9. The number of Topliss-reactive ketones (excluding diaryl/α,β-unsaturated/α-hetero) is 1. The van der Waals surface area contributed by atoms with Crippen molar-refractivity contribution in [3.63, 3.8) is 0 Å². The smallest absolute Gasteiger partial charge is 0.165 e. The molecule has 4 nitrogen and oxygen atoms in total. The molecule has 2 N–H and O–H groups in total. The molecule has 0 radical (unpaired) electrons. The van der Waals surface area contributed by atoms with Crippen LogP contribution in [0, 0.1) is 0 Å². The second-order valence-corrected chi connectivity index (χ2v) is 4.97. The first-order valence-electron chi connectivity index (χ1n) is 6.73. The minimum Gasteiger partial charge on any atom is -0.394 e. The maximum Gasteiger partial charge on any atom is 0.165 e. The van der Waals surface area contributed by atoms with E-state index in [2.05, 4.69) is 0 Å². The summed E-state index contributed by atoms with van der Waals surface area (Å²) >= 11 is 0. The first-order chi connectivity index (χ1) is 9.20. The molecule has 19 heavy (non-hydrogen) atoms. The lowest BCUT2D eigenvalue weighted by molar-refractivity contribution is -0.115. The van der Waals surface area contributed by atoms with Gasteiger partial charge in [-0.2, -0.15) is 0 Å². The van der Waals surface area contributed by atoms with E-state index in [1.807, 2.05) is 18.2 Å². The van der Waals surface area contributed by atoms with E-state index in [4.69, 9.17) is 9.84 Å². The Hall–Kier alpha value is -1.23. The molecule has 0 saturated carbocycles. The van der Waals surface area contributed by atoms with Crippen molar-refractivity contribution in [2.24, 2.45) is 0 Å². The van der Waals surface area contributed by atoms with Crippen LogP contribution < -0.4 is 0 Å². The van der Waals surface area contributed by atoms with E-state index in [1.54, 1.807) is 12.1 Å². The third kappa shape index (κ3) is 3.86. The van der Waals surface area contributed by atoms with Gasteiger partial charge in [-0.15, -0.1) is 0 Å². The highest BCUT2D eigenvalue weighted by molar-refractivity contribution is 5.96. The van der Waals surface area contributed by atoms with Gasteiger partial charge in [-0.3, -0.25) is 4.79 Å². The van der Waals surface area contributed by atoms with Crippen molar-refractivity contribution in [2.75, 3.05) is 6.61 Å². The molecule has 2 rings (SSSR count).